The Balaban J connectivity index is 1.58. The van der Waals surface area contributed by atoms with Crippen molar-refractivity contribution in [3.63, 3.8) is 0 Å². The maximum absolute atomic E-state index is 12.7. The number of nitrogens with one attached hydrogen (secondary N) is 3. The average Bonchev–Trinajstić information content (AvgIpc) is 3.09. The molecule has 140 valence electrons. The topological polar surface area (TPSA) is 74.0 Å². The van der Waals surface area contributed by atoms with Crippen molar-refractivity contribution < 1.29 is 9.59 Å². The number of para-hydroxylation sites is 1. The van der Waals surface area contributed by atoms with Crippen LogP contribution in [-0.4, -0.2) is 23.3 Å². The van der Waals surface area contributed by atoms with Gasteiger partial charge in [0.05, 0.1) is 6.54 Å². The quantitative estimate of drug-likeness (QED) is 0.665. The van der Waals surface area contributed by atoms with Crippen LogP contribution < -0.4 is 10.6 Å². The molecule has 2 atom stereocenters. The molecule has 3 N–H and O–H groups in total. The molecule has 2 amide bonds. The maximum Gasteiger partial charge on any atom is 0.224 e. The van der Waals surface area contributed by atoms with Crippen molar-refractivity contribution in [2.24, 2.45) is 11.8 Å². The summed E-state index contributed by atoms with van der Waals surface area (Å²) in [5, 5.41) is 7.18. The summed E-state index contributed by atoms with van der Waals surface area (Å²) in [5.41, 5.74) is 2.06. The molecule has 3 rings (SSSR count). The van der Waals surface area contributed by atoms with E-state index < -0.39 is 0 Å². The first-order valence-corrected chi connectivity index (χ1v) is 9.81. The van der Waals surface area contributed by atoms with Gasteiger partial charge in [0.25, 0.3) is 0 Å². The van der Waals surface area contributed by atoms with Crippen LogP contribution in [0.4, 0.5) is 0 Å². The molecule has 1 aliphatic rings. The monoisotopic (exact) mass is 355 g/mol. The van der Waals surface area contributed by atoms with Crippen LogP contribution >= 0.6 is 0 Å². The third kappa shape index (κ3) is 4.45. The average molecular weight is 355 g/mol. The Labute approximate surface area is 154 Å². The number of rotatable bonds is 7. The van der Waals surface area contributed by atoms with Crippen LogP contribution in [0.15, 0.2) is 30.3 Å². The maximum atomic E-state index is 12.7. The summed E-state index contributed by atoms with van der Waals surface area (Å²) < 4.78 is 0. The minimum atomic E-state index is -0.213. The van der Waals surface area contributed by atoms with Crippen LogP contribution in [0.1, 0.15) is 51.1 Å². The Morgan fingerprint density at radius 3 is 2.46 bits per heavy atom. The van der Waals surface area contributed by atoms with Gasteiger partial charge in [-0.15, -0.1) is 0 Å². The molecule has 1 aromatic carbocycles. The van der Waals surface area contributed by atoms with Gasteiger partial charge in [0.15, 0.2) is 0 Å². The van der Waals surface area contributed by atoms with Crippen LogP contribution in [-0.2, 0) is 16.1 Å². The molecule has 1 saturated carbocycles. The molecule has 0 spiro atoms. The predicted molar refractivity (Wildman–Crippen MR) is 104 cm³/mol. The number of carbonyl (C=O) groups is 2. The smallest absolute Gasteiger partial charge is 0.224 e. The minimum Gasteiger partial charge on any atom is -0.357 e. The predicted octanol–water partition coefficient (Wildman–Crippen LogP) is 3.51. The molecule has 0 saturated heterocycles. The lowest BCUT2D eigenvalue weighted by atomic mass is 9.78. The van der Waals surface area contributed by atoms with Gasteiger partial charge in [0, 0.05) is 29.6 Å². The molecule has 26 heavy (non-hydrogen) atoms. The van der Waals surface area contributed by atoms with Gasteiger partial charge in [-0.3, -0.25) is 9.59 Å². The second kappa shape index (κ2) is 8.88. The molecule has 1 aromatic heterocycles. The van der Waals surface area contributed by atoms with Crippen molar-refractivity contribution in [2.75, 3.05) is 6.54 Å². The zero-order valence-corrected chi connectivity index (χ0v) is 15.5. The zero-order valence-electron chi connectivity index (χ0n) is 15.5. The molecule has 0 aliphatic heterocycles. The fourth-order valence-corrected chi connectivity index (χ4v) is 3.82. The van der Waals surface area contributed by atoms with Crippen molar-refractivity contribution in [2.45, 2.75) is 52.0 Å². The summed E-state index contributed by atoms with van der Waals surface area (Å²) in [6, 6.07) is 10.1. The number of unbranched alkanes of at least 4 members (excludes halogenated alkanes) is 1. The highest BCUT2D eigenvalue weighted by molar-refractivity contribution is 5.88. The van der Waals surface area contributed by atoms with E-state index in [-0.39, 0.29) is 23.7 Å². The van der Waals surface area contributed by atoms with Gasteiger partial charge in [0.2, 0.25) is 11.8 Å². The van der Waals surface area contributed by atoms with Gasteiger partial charge >= 0.3 is 0 Å². The lowest BCUT2D eigenvalue weighted by Crippen LogP contribution is -2.43. The number of amides is 2. The van der Waals surface area contributed by atoms with Gasteiger partial charge < -0.3 is 15.6 Å². The molecule has 5 nitrogen and oxygen atoms in total. The normalized spacial score (nSPS) is 20.0. The number of aromatic amines is 1. The molecule has 1 heterocycles. The van der Waals surface area contributed by atoms with E-state index in [0.717, 1.165) is 55.1 Å². The number of hydrogen-bond donors (Lipinski definition) is 3. The Hall–Kier alpha value is -2.30. The van der Waals surface area contributed by atoms with E-state index in [9.17, 15) is 9.59 Å². The van der Waals surface area contributed by atoms with E-state index in [1.165, 1.54) is 0 Å². The highest BCUT2D eigenvalue weighted by Gasteiger charge is 2.35. The molecule has 1 aliphatic carbocycles. The summed E-state index contributed by atoms with van der Waals surface area (Å²) in [5.74, 6) is -0.360. The molecule has 0 radical (unpaired) electrons. The van der Waals surface area contributed by atoms with E-state index in [2.05, 4.69) is 34.7 Å². The van der Waals surface area contributed by atoms with Crippen LogP contribution in [0.3, 0.4) is 0 Å². The number of fused-ring (bicyclic) bond motifs is 1. The lowest BCUT2D eigenvalue weighted by Gasteiger charge is -2.29. The second-order valence-corrected chi connectivity index (χ2v) is 7.24. The highest BCUT2D eigenvalue weighted by atomic mass is 16.2. The Bertz CT molecular complexity index is 720. The van der Waals surface area contributed by atoms with Crippen molar-refractivity contribution in [3.8, 4) is 0 Å². The first-order chi connectivity index (χ1) is 12.7. The molecular weight excluding hydrogens is 326 g/mol. The SMILES string of the molecule is CCCCNC(=O)[C@@H]1CCCC[C@@H]1C(=O)NCc1cc2ccccc2[nH]1. The zero-order chi connectivity index (χ0) is 18.4. The second-order valence-electron chi connectivity index (χ2n) is 7.24. The standard InChI is InChI=1S/C21H29N3O2/c1-2-3-12-22-20(25)17-9-5-6-10-18(17)21(26)23-14-16-13-15-8-4-7-11-19(15)24-16/h4,7-8,11,13,17-18,24H,2-3,5-6,9-10,12,14H2,1H3,(H,22,25)(H,23,26)/t17-,18+/m1/s1. The molecule has 0 unspecified atom stereocenters. The van der Waals surface area contributed by atoms with E-state index in [1.807, 2.05) is 18.2 Å². The van der Waals surface area contributed by atoms with Gasteiger partial charge in [-0.05, 0) is 36.8 Å². The van der Waals surface area contributed by atoms with Crippen molar-refractivity contribution in [1.82, 2.24) is 15.6 Å². The van der Waals surface area contributed by atoms with E-state index in [4.69, 9.17) is 0 Å². The molecular formula is C21H29N3O2. The summed E-state index contributed by atoms with van der Waals surface area (Å²) in [6.07, 6.45) is 5.68. The fraction of sp³-hybridized carbons (Fsp3) is 0.524. The lowest BCUT2D eigenvalue weighted by molar-refractivity contribution is -0.136. The van der Waals surface area contributed by atoms with Gasteiger partial charge in [-0.25, -0.2) is 0 Å². The van der Waals surface area contributed by atoms with Gasteiger partial charge in [-0.2, -0.15) is 0 Å². The number of benzene rings is 1. The summed E-state index contributed by atoms with van der Waals surface area (Å²) in [4.78, 5) is 28.5. The summed E-state index contributed by atoms with van der Waals surface area (Å²) >= 11 is 0. The number of hydrogen-bond acceptors (Lipinski definition) is 2. The summed E-state index contributed by atoms with van der Waals surface area (Å²) in [6.45, 7) is 3.27. The summed E-state index contributed by atoms with van der Waals surface area (Å²) in [7, 11) is 0. The van der Waals surface area contributed by atoms with Crippen LogP contribution in [0, 0.1) is 11.8 Å². The largest absolute Gasteiger partial charge is 0.357 e. The third-order valence-electron chi connectivity index (χ3n) is 5.31. The van der Waals surface area contributed by atoms with E-state index >= 15 is 0 Å². The van der Waals surface area contributed by atoms with Crippen molar-refractivity contribution >= 4 is 22.7 Å². The Morgan fingerprint density at radius 1 is 1.08 bits per heavy atom. The van der Waals surface area contributed by atoms with Crippen LogP contribution in [0.25, 0.3) is 10.9 Å². The fourth-order valence-electron chi connectivity index (χ4n) is 3.82. The van der Waals surface area contributed by atoms with E-state index in [0.29, 0.717) is 13.1 Å². The Kier molecular flexibility index (Phi) is 6.31. The first kappa shape index (κ1) is 18.5. The van der Waals surface area contributed by atoms with Gasteiger partial charge in [0.1, 0.15) is 0 Å². The Morgan fingerprint density at radius 2 is 1.77 bits per heavy atom. The number of carbonyl (C=O) groups excluding carboxylic acids is 2. The van der Waals surface area contributed by atoms with E-state index in [1.54, 1.807) is 0 Å². The highest BCUT2D eigenvalue weighted by Crippen LogP contribution is 2.30. The van der Waals surface area contributed by atoms with Crippen molar-refractivity contribution in [1.29, 1.82) is 0 Å². The molecule has 0 bridgehead atoms. The molecule has 2 aromatic rings. The van der Waals surface area contributed by atoms with Crippen molar-refractivity contribution in [3.05, 3.63) is 36.0 Å². The number of H-pyrrole nitrogens is 1. The third-order valence-corrected chi connectivity index (χ3v) is 5.31. The number of aromatic nitrogens is 1. The van der Waals surface area contributed by atoms with Crippen LogP contribution in [0.5, 0.6) is 0 Å². The van der Waals surface area contributed by atoms with Gasteiger partial charge in [-0.1, -0.05) is 44.4 Å². The first-order valence-electron chi connectivity index (χ1n) is 9.81. The minimum absolute atomic E-state index is 0.000928. The van der Waals surface area contributed by atoms with Crippen LogP contribution in [0.2, 0.25) is 0 Å². The molecule has 5 heteroatoms. The molecule has 1 fully saturated rings.